The van der Waals surface area contributed by atoms with Crippen molar-refractivity contribution in [3.05, 3.63) is 58.2 Å². The molecule has 0 radical (unpaired) electrons. The van der Waals surface area contributed by atoms with E-state index in [4.69, 9.17) is 16.3 Å². The zero-order valence-corrected chi connectivity index (χ0v) is 15.3. The van der Waals surface area contributed by atoms with Gasteiger partial charge in [0.15, 0.2) is 0 Å². The molecule has 1 aliphatic heterocycles. The molecule has 0 saturated carbocycles. The summed E-state index contributed by atoms with van der Waals surface area (Å²) in [7, 11) is 1.38. The number of aromatic nitrogens is 1. The SMILES string of the molecule is COC(=O)c1ccc(N2CCN(Cc3ccccc3Cl)CC2)nc1C. The second kappa shape index (κ2) is 7.85. The predicted molar refractivity (Wildman–Crippen MR) is 99.3 cm³/mol. The monoisotopic (exact) mass is 359 g/mol. The number of nitrogens with zero attached hydrogens (tertiary/aromatic N) is 3. The normalized spacial score (nSPS) is 15.2. The van der Waals surface area contributed by atoms with E-state index in [1.807, 2.05) is 31.2 Å². The molecule has 0 unspecified atom stereocenters. The van der Waals surface area contributed by atoms with Gasteiger partial charge in [-0.2, -0.15) is 0 Å². The molecule has 1 aromatic carbocycles. The number of carbonyl (C=O) groups excluding carboxylic acids is 1. The van der Waals surface area contributed by atoms with E-state index < -0.39 is 0 Å². The Labute approximate surface area is 153 Å². The third kappa shape index (κ3) is 4.11. The molecule has 0 aliphatic carbocycles. The van der Waals surface area contributed by atoms with E-state index in [0.29, 0.717) is 11.3 Å². The number of rotatable bonds is 4. The molecule has 2 aromatic rings. The molecule has 0 N–H and O–H groups in total. The molecule has 1 saturated heterocycles. The lowest BCUT2D eigenvalue weighted by Gasteiger charge is -2.35. The number of esters is 1. The Bertz CT molecular complexity index is 758. The second-order valence-electron chi connectivity index (χ2n) is 6.15. The van der Waals surface area contributed by atoms with Crippen LogP contribution in [0.25, 0.3) is 0 Å². The quantitative estimate of drug-likeness (QED) is 0.785. The smallest absolute Gasteiger partial charge is 0.339 e. The molecule has 25 heavy (non-hydrogen) atoms. The number of anilines is 1. The highest BCUT2D eigenvalue weighted by Crippen LogP contribution is 2.20. The first kappa shape index (κ1) is 17.7. The van der Waals surface area contributed by atoms with Crippen LogP contribution < -0.4 is 4.90 Å². The molecule has 0 bridgehead atoms. The first-order chi connectivity index (χ1) is 12.1. The molecule has 0 amide bonds. The second-order valence-corrected chi connectivity index (χ2v) is 6.56. The van der Waals surface area contributed by atoms with Crippen LogP contribution >= 0.6 is 11.6 Å². The molecule has 1 aromatic heterocycles. The first-order valence-electron chi connectivity index (χ1n) is 8.35. The van der Waals surface area contributed by atoms with Gasteiger partial charge in [0.05, 0.1) is 18.4 Å². The van der Waals surface area contributed by atoms with Gasteiger partial charge in [0, 0.05) is 37.7 Å². The molecular formula is C19H22ClN3O2. The number of hydrogen-bond acceptors (Lipinski definition) is 5. The van der Waals surface area contributed by atoms with Gasteiger partial charge in [-0.05, 0) is 30.7 Å². The Hall–Kier alpha value is -2.11. The van der Waals surface area contributed by atoms with E-state index in [-0.39, 0.29) is 5.97 Å². The van der Waals surface area contributed by atoms with E-state index in [1.165, 1.54) is 7.11 Å². The highest BCUT2D eigenvalue weighted by molar-refractivity contribution is 6.31. The van der Waals surface area contributed by atoms with Crippen molar-refractivity contribution in [1.29, 1.82) is 0 Å². The number of ether oxygens (including phenoxy) is 1. The number of piperazine rings is 1. The lowest BCUT2D eigenvalue weighted by molar-refractivity contribution is 0.0599. The molecule has 1 fully saturated rings. The van der Waals surface area contributed by atoms with Crippen molar-refractivity contribution in [3.8, 4) is 0 Å². The van der Waals surface area contributed by atoms with Crippen molar-refractivity contribution in [3.63, 3.8) is 0 Å². The van der Waals surface area contributed by atoms with E-state index in [9.17, 15) is 4.79 Å². The molecule has 2 heterocycles. The summed E-state index contributed by atoms with van der Waals surface area (Å²) in [5.41, 5.74) is 2.38. The average Bonchev–Trinajstić information content (AvgIpc) is 2.63. The predicted octanol–water partition coefficient (Wildman–Crippen LogP) is 3.15. The minimum absolute atomic E-state index is 0.346. The summed E-state index contributed by atoms with van der Waals surface area (Å²) in [6.45, 7) is 6.39. The fraction of sp³-hybridized carbons (Fsp3) is 0.368. The fourth-order valence-electron chi connectivity index (χ4n) is 3.05. The lowest BCUT2D eigenvalue weighted by Crippen LogP contribution is -2.46. The summed E-state index contributed by atoms with van der Waals surface area (Å²) in [4.78, 5) is 20.9. The molecule has 132 valence electrons. The minimum Gasteiger partial charge on any atom is -0.465 e. The number of benzene rings is 1. The summed E-state index contributed by atoms with van der Waals surface area (Å²) < 4.78 is 4.77. The van der Waals surface area contributed by atoms with E-state index >= 15 is 0 Å². The van der Waals surface area contributed by atoms with E-state index in [0.717, 1.165) is 49.1 Å². The standard InChI is InChI=1S/C19H22ClN3O2/c1-14-16(19(24)25-2)7-8-18(21-14)23-11-9-22(10-12-23)13-15-5-3-4-6-17(15)20/h3-8H,9-13H2,1-2H3. The van der Waals surface area contributed by atoms with Crippen molar-refractivity contribution >= 4 is 23.4 Å². The summed E-state index contributed by atoms with van der Waals surface area (Å²) in [6, 6.07) is 11.7. The zero-order valence-electron chi connectivity index (χ0n) is 14.5. The number of aryl methyl sites for hydroxylation is 1. The Morgan fingerprint density at radius 2 is 1.88 bits per heavy atom. The van der Waals surface area contributed by atoms with Crippen LogP contribution in [-0.4, -0.2) is 49.1 Å². The van der Waals surface area contributed by atoms with Crippen LogP contribution in [-0.2, 0) is 11.3 Å². The maximum atomic E-state index is 11.7. The van der Waals surface area contributed by atoms with Crippen molar-refractivity contribution in [1.82, 2.24) is 9.88 Å². The summed E-state index contributed by atoms with van der Waals surface area (Å²) in [5, 5.41) is 0.820. The van der Waals surface area contributed by atoms with Crippen LogP contribution in [0.4, 0.5) is 5.82 Å². The highest BCUT2D eigenvalue weighted by atomic mass is 35.5. The van der Waals surface area contributed by atoms with Crippen LogP contribution in [0, 0.1) is 6.92 Å². The van der Waals surface area contributed by atoms with Crippen molar-refractivity contribution in [2.24, 2.45) is 0 Å². The summed E-state index contributed by atoms with van der Waals surface area (Å²) in [5.74, 6) is 0.559. The van der Waals surface area contributed by atoms with Gasteiger partial charge in [-0.3, -0.25) is 4.90 Å². The Morgan fingerprint density at radius 3 is 2.52 bits per heavy atom. The van der Waals surface area contributed by atoms with Crippen LogP contribution in [0.3, 0.4) is 0 Å². The third-order valence-corrected chi connectivity index (χ3v) is 4.89. The molecule has 6 heteroatoms. The van der Waals surface area contributed by atoms with Crippen LogP contribution in [0.5, 0.6) is 0 Å². The average molecular weight is 360 g/mol. The molecule has 5 nitrogen and oxygen atoms in total. The van der Waals surface area contributed by atoms with Gasteiger partial charge in [-0.1, -0.05) is 29.8 Å². The van der Waals surface area contributed by atoms with Crippen LogP contribution in [0.15, 0.2) is 36.4 Å². The van der Waals surface area contributed by atoms with E-state index in [1.54, 1.807) is 6.07 Å². The van der Waals surface area contributed by atoms with Crippen LogP contribution in [0.2, 0.25) is 5.02 Å². The van der Waals surface area contributed by atoms with Gasteiger partial charge in [0.25, 0.3) is 0 Å². The van der Waals surface area contributed by atoms with Crippen LogP contribution in [0.1, 0.15) is 21.6 Å². The van der Waals surface area contributed by atoms with Gasteiger partial charge in [-0.25, -0.2) is 9.78 Å². The summed E-state index contributed by atoms with van der Waals surface area (Å²) >= 11 is 6.25. The summed E-state index contributed by atoms with van der Waals surface area (Å²) in [6.07, 6.45) is 0. The molecule has 1 aliphatic rings. The van der Waals surface area contributed by atoms with Crippen molar-refractivity contribution in [2.75, 3.05) is 38.2 Å². The zero-order chi connectivity index (χ0) is 17.8. The Morgan fingerprint density at radius 1 is 1.16 bits per heavy atom. The topological polar surface area (TPSA) is 45.7 Å². The minimum atomic E-state index is -0.346. The molecule has 3 rings (SSSR count). The molecule has 0 atom stereocenters. The Kier molecular flexibility index (Phi) is 5.56. The highest BCUT2D eigenvalue weighted by Gasteiger charge is 2.20. The Balaban J connectivity index is 1.61. The fourth-order valence-corrected chi connectivity index (χ4v) is 3.25. The number of methoxy groups -OCH3 is 1. The van der Waals surface area contributed by atoms with E-state index in [2.05, 4.69) is 20.9 Å². The third-order valence-electron chi connectivity index (χ3n) is 4.52. The molecule has 0 spiro atoms. The van der Waals surface area contributed by atoms with Gasteiger partial charge in [-0.15, -0.1) is 0 Å². The number of halogens is 1. The number of pyridine rings is 1. The maximum Gasteiger partial charge on any atom is 0.339 e. The van der Waals surface area contributed by atoms with Gasteiger partial charge in [0.2, 0.25) is 0 Å². The lowest BCUT2D eigenvalue weighted by atomic mass is 10.2. The van der Waals surface area contributed by atoms with Gasteiger partial charge < -0.3 is 9.64 Å². The van der Waals surface area contributed by atoms with Crippen molar-refractivity contribution in [2.45, 2.75) is 13.5 Å². The number of carbonyl (C=O) groups is 1. The first-order valence-corrected chi connectivity index (χ1v) is 8.73. The van der Waals surface area contributed by atoms with Crippen molar-refractivity contribution < 1.29 is 9.53 Å². The largest absolute Gasteiger partial charge is 0.465 e. The maximum absolute atomic E-state index is 11.7. The van der Waals surface area contributed by atoms with Gasteiger partial charge >= 0.3 is 5.97 Å². The van der Waals surface area contributed by atoms with Gasteiger partial charge in [0.1, 0.15) is 5.82 Å². The number of hydrogen-bond donors (Lipinski definition) is 0. The molecular weight excluding hydrogens is 338 g/mol.